The van der Waals surface area contributed by atoms with Gasteiger partial charge in [-0.3, -0.25) is 4.99 Å². The molecule has 10 heteroatoms. The Balaban J connectivity index is 2.16. The molecule has 1 aliphatic rings. The standard InChI is InChI=1S/C16H11BrClF3N4S/c17-12-11(7-22)13(9-1-3-10(18)4-2-9)25(14(12)16(19,20)21)8-26-15-23-5-6-24-15/h1-4H,5-6,8H2,(H,23,24). The Morgan fingerprint density at radius 1 is 1.35 bits per heavy atom. The lowest BCUT2D eigenvalue weighted by Gasteiger charge is -2.15. The third kappa shape index (κ3) is 3.72. The van der Waals surface area contributed by atoms with E-state index in [2.05, 4.69) is 26.2 Å². The molecule has 0 bridgehead atoms. The van der Waals surface area contributed by atoms with Crippen LogP contribution >= 0.6 is 39.3 Å². The largest absolute Gasteiger partial charge is 0.432 e. The van der Waals surface area contributed by atoms with Crippen LogP contribution in [0.25, 0.3) is 11.3 Å². The van der Waals surface area contributed by atoms with Gasteiger partial charge in [-0.25, -0.2) is 0 Å². The molecule has 1 N–H and O–H groups in total. The summed E-state index contributed by atoms with van der Waals surface area (Å²) < 4.78 is 41.9. The summed E-state index contributed by atoms with van der Waals surface area (Å²) in [6, 6.07) is 8.22. The predicted molar refractivity (Wildman–Crippen MR) is 100 cm³/mol. The van der Waals surface area contributed by atoms with Gasteiger partial charge < -0.3 is 9.88 Å². The molecule has 0 radical (unpaired) electrons. The SMILES string of the molecule is N#Cc1c(Br)c(C(F)(F)F)n(CSC2=NCCN2)c1-c1ccc(Cl)cc1. The number of amidine groups is 1. The summed E-state index contributed by atoms with van der Waals surface area (Å²) in [5, 5.41) is 13.5. The molecule has 4 nitrogen and oxygen atoms in total. The molecule has 0 aliphatic carbocycles. The molecule has 0 amide bonds. The van der Waals surface area contributed by atoms with E-state index in [1.165, 1.54) is 0 Å². The first-order valence-electron chi connectivity index (χ1n) is 7.39. The highest BCUT2D eigenvalue weighted by molar-refractivity contribution is 9.10. The van der Waals surface area contributed by atoms with Crippen molar-refractivity contribution in [2.75, 3.05) is 13.1 Å². The van der Waals surface area contributed by atoms with Gasteiger partial charge in [0.1, 0.15) is 11.8 Å². The molecular weight excluding hydrogens is 453 g/mol. The van der Waals surface area contributed by atoms with Crippen molar-refractivity contribution in [3.63, 3.8) is 0 Å². The predicted octanol–water partition coefficient (Wildman–Crippen LogP) is 5.11. The minimum absolute atomic E-state index is 0.0427. The quantitative estimate of drug-likeness (QED) is 0.688. The van der Waals surface area contributed by atoms with E-state index in [0.29, 0.717) is 28.8 Å². The average Bonchev–Trinajstić information content (AvgIpc) is 3.18. The molecule has 0 spiro atoms. The maximum atomic E-state index is 13.7. The van der Waals surface area contributed by atoms with Crippen molar-refractivity contribution in [2.45, 2.75) is 12.1 Å². The molecule has 0 atom stereocenters. The first-order chi connectivity index (χ1) is 12.3. The van der Waals surface area contributed by atoms with Crippen molar-refractivity contribution >= 4 is 44.5 Å². The zero-order valence-corrected chi connectivity index (χ0v) is 16.2. The highest BCUT2D eigenvalue weighted by Crippen LogP contribution is 2.44. The molecule has 0 unspecified atom stereocenters. The van der Waals surface area contributed by atoms with E-state index in [1.807, 2.05) is 6.07 Å². The second kappa shape index (κ2) is 7.55. The molecule has 0 fully saturated rings. The minimum atomic E-state index is -4.62. The van der Waals surface area contributed by atoms with E-state index in [4.69, 9.17) is 11.6 Å². The molecular formula is C16H11BrClF3N4S. The van der Waals surface area contributed by atoms with Crippen LogP contribution in [-0.4, -0.2) is 22.8 Å². The number of rotatable bonds is 3. The molecule has 2 aromatic rings. The van der Waals surface area contributed by atoms with Crippen LogP contribution in [0, 0.1) is 11.3 Å². The van der Waals surface area contributed by atoms with Crippen LogP contribution in [0.15, 0.2) is 33.7 Å². The zero-order valence-electron chi connectivity index (χ0n) is 13.1. The highest BCUT2D eigenvalue weighted by Gasteiger charge is 2.40. The molecule has 1 aliphatic heterocycles. The smallest absolute Gasteiger partial charge is 0.363 e. The van der Waals surface area contributed by atoms with Gasteiger partial charge in [-0.1, -0.05) is 35.5 Å². The molecule has 0 saturated heterocycles. The number of halogens is 5. The van der Waals surface area contributed by atoms with Crippen LogP contribution in [0.4, 0.5) is 13.2 Å². The lowest BCUT2D eigenvalue weighted by atomic mass is 10.1. The normalized spacial score (nSPS) is 14.1. The topological polar surface area (TPSA) is 53.1 Å². The van der Waals surface area contributed by atoms with Gasteiger partial charge in [-0.05, 0) is 33.6 Å². The molecule has 136 valence electrons. The molecule has 1 aromatic heterocycles. The van der Waals surface area contributed by atoms with Crippen molar-refractivity contribution in [3.05, 3.63) is 45.0 Å². The van der Waals surface area contributed by atoms with E-state index in [-0.39, 0.29) is 21.6 Å². The Morgan fingerprint density at radius 3 is 2.58 bits per heavy atom. The van der Waals surface area contributed by atoms with Crippen molar-refractivity contribution in [1.29, 1.82) is 5.26 Å². The summed E-state index contributed by atoms with van der Waals surface area (Å²) in [7, 11) is 0. The summed E-state index contributed by atoms with van der Waals surface area (Å²) in [5.74, 6) is -0.0427. The van der Waals surface area contributed by atoms with E-state index in [0.717, 1.165) is 16.3 Å². The van der Waals surface area contributed by atoms with Crippen LogP contribution in [-0.2, 0) is 12.1 Å². The Morgan fingerprint density at radius 2 is 2.04 bits per heavy atom. The molecule has 3 rings (SSSR count). The monoisotopic (exact) mass is 462 g/mol. The first kappa shape index (κ1) is 19.1. The van der Waals surface area contributed by atoms with E-state index < -0.39 is 11.9 Å². The number of nitriles is 1. The van der Waals surface area contributed by atoms with Gasteiger partial charge in [0.25, 0.3) is 0 Å². The van der Waals surface area contributed by atoms with Crippen molar-refractivity contribution in [3.8, 4) is 17.3 Å². The van der Waals surface area contributed by atoms with Crippen LogP contribution < -0.4 is 5.32 Å². The number of nitrogens with one attached hydrogen (secondary N) is 1. The third-order valence-corrected chi connectivity index (χ3v) is 5.63. The average molecular weight is 464 g/mol. The van der Waals surface area contributed by atoms with Crippen molar-refractivity contribution < 1.29 is 13.2 Å². The second-order valence-electron chi connectivity index (χ2n) is 5.32. The number of thioether (sulfide) groups is 1. The lowest BCUT2D eigenvalue weighted by Crippen LogP contribution is -2.18. The van der Waals surface area contributed by atoms with E-state index in [1.54, 1.807) is 24.3 Å². The van der Waals surface area contributed by atoms with Crippen LogP contribution in [0.3, 0.4) is 0 Å². The van der Waals surface area contributed by atoms with Gasteiger partial charge in [0.05, 0.1) is 28.2 Å². The first-order valence-corrected chi connectivity index (χ1v) is 9.55. The van der Waals surface area contributed by atoms with Crippen LogP contribution in [0.5, 0.6) is 0 Å². The van der Waals surface area contributed by atoms with Gasteiger partial charge in [-0.15, -0.1) is 0 Å². The Bertz CT molecular complexity index is 900. The fourth-order valence-electron chi connectivity index (χ4n) is 2.60. The molecule has 2 heterocycles. The minimum Gasteiger partial charge on any atom is -0.363 e. The fourth-order valence-corrected chi connectivity index (χ4v) is 4.34. The van der Waals surface area contributed by atoms with Crippen molar-refractivity contribution in [1.82, 2.24) is 9.88 Å². The number of aliphatic imine (C=N–C) groups is 1. The lowest BCUT2D eigenvalue weighted by molar-refractivity contribution is -0.143. The Labute approximate surface area is 165 Å². The number of aromatic nitrogens is 1. The van der Waals surface area contributed by atoms with Crippen molar-refractivity contribution in [2.24, 2.45) is 4.99 Å². The van der Waals surface area contributed by atoms with E-state index in [9.17, 15) is 18.4 Å². The number of alkyl halides is 3. The number of nitrogens with zero attached hydrogens (tertiary/aromatic N) is 3. The molecule has 26 heavy (non-hydrogen) atoms. The highest BCUT2D eigenvalue weighted by atomic mass is 79.9. The Kier molecular flexibility index (Phi) is 5.55. The summed E-state index contributed by atoms with van der Waals surface area (Å²) in [6.45, 7) is 1.26. The van der Waals surface area contributed by atoms with Crippen LogP contribution in [0.2, 0.25) is 5.02 Å². The van der Waals surface area contributed by atoms with Gasteiger partial charge >= 0.3 is 6.18 Å². The van der Waals surface area contributed by atoms with Gasteiger partial charge in [-0.2, -0.15) is 18.4 Å². The summed E-state index contributed by atoms with van der Waals surface area (Å²) in [4.78, 5) is 4.19. The van der Waals surface area contributed by atoms with E-state index >= 15 is 0 Å². The maximum absolute atomic E-state index is 13.7. The molecule has 1 aromatic carbocycles. The van der Waals surface area contributed by atoms with Crippen LogP contribution in [0.1, 0.15) is 11.3 Å². The summed E-state index contributed by atoms with van der Waals surface area (Å²) >= 11 is 10.0. The summed E-state index contributed by atoms with van der Waals surface area (Å²) in [6.07, 6.45) is -4.62. The second-order valence-corrected chi connectivity index (χ2v) is 7.48. The number of hydrogen-bond acceptors (Lipinski definition) is 4. The number of hydrogen-bond donors (Lipinski definition) is 1. The summed E-state index contributed by atoms with van der Waals surface area (Å²) in [5.41, 5.74) is -0.301. The fraction of sp³-hybridized carbons (Fsp3) is 0.250. The third-order valence-electron chi connectivity index (χ3n) is 3.68. The maximum Gasteiger partial charge on any atom is 0.432 e. The van der Waals surface area contributed by atoms with Gasteiger partial charge in [0, 0.05) is 11.6 Å². The zero-order chi connectivity index (χ0) is 18.9. The van der Waals surface area contributed by atoms with Gasteiger partial charge in [0.2, 0.25) is 0 Å². The Hall–Kier alpha value is -1.63. The van der Waals surface area contributed by atoms with Gasteiger partial charge in [0.15, 0.2) is 5.17 Å². The number of benzene rings is 1. The molecule has 0 saturated carbocycles.